The van der Waals surface area contributed by atoms with Crippen LogP contribution in [0.25, 0.3) is 0 Å². The van der Waals surface area contributed by atoms with Crippen LogP contribution in [0.5, 0.6) is 0 Å². The highest BCUT2D eigenvalue weighted by molar-refractivity contribution is 7.90. The molecule has 0 aromatic carbocycles. The zero-order chi connectivity index (χ0) is 10.1. The SMILES string of the molecule is CC(C)S(=O)(=O)NC1CCCC1Cl. The number of sulfonamides is 1. The molecule has 0 aromatic heterocycles. The molecular formula is C8H16ClNO2S. The maximum Gasteiger partial charge on any atom is 0.214 e. The van der Waals surface area contributed by atoms with E-state index in [2.05, 4.69) is 4.72 Å². The number of hydrogen-bond acceptors (Lipinski definition) is 2. The average Bonchev–Trinajstić information content (AvgIpc) is 2.35. The third-order valence-corrected chi connectivity index (χ3v) is 4.76. The van der Waals surface area contributed by atoms with E-state index in [-0.39, 0.29) is 16.7 Å². The first-order valence-corrected chi connectivity index (χ1v) is 6.57. The quantitative estimate of drug-likeness (QED) is 0.740. The van der Waals surface area contributed by atoms with Crippen molar-refractivity contribution in [3.63, 3.8) is 0 Å². The fraction of sp³-hybridized carbons (Fsp3) is 1.00. The van der Waals surface area contributed by atoms with Gasteiger partial charge in [-0.15, -0.1) is 11.6 Å². The predicted molar refractivity (Wildman–Crippen MR) is 54.5 cm³/mol. The molecule has 1 aliphatic carbocycles. The summed E-state index contributed by atoms with van der Waals surface area (Å²) in [5, 5.41) is -0.412. The molecule has 1 fully saturated rings. The van der Waals surface area contributed by atoms with Gasteiger partial charge in [0.25, 0.3) is 0 Å². The van der Waals surface area contributed by atoms with Gasteiger partial charge in [0, 0.05) is 11.4 Å². The van der Waals surface area contributed by atoms with Crippen LogP contribution in [0, 0.1) is 0 Å². The summed E-state index contributed by atoms with van der Waals surface area (Å²) in [6.07, 6.45) is 2.78. The molecule has 0 aliphatic heterocycles. The van der Waals surface area contributed by atoms with E-state index in [1.165, 1.54) is 0 Å². The second kappa shape index (κ2) is 4.15. The molecule has 0 aromatic rings. The lowest BCUT2D eigenvalue weighted by Crippen LogP contribution is -2.41. The fourth-order valence-corrected chi connectivity index (χ4v) is 2.79. The molecule has 2 atom stereocenters. The highest BCUT2D eigenvalue weighted by Crippen LogP contribution is 2.24. The van der Waals surface area contributed by atoms with Gasteiger partial charge in [0.1, 0.15) is 0 Å². The predicted octanol–water partition coefficient (Wildman–Crippen LogP) is 1.47. The first-order chi connectivity index (χ1) is 5.93. The number of nitrogens with one attached hydrogen (secondary N) is 1. The highest BCUT2D eigenvalue weighted by atomic mass is 35.5. The number of hydrogen-bond donors (Lipinski definition) is 1. The van der Waals surface area contributed by atoms with E-state index in [9.17, 15) is 8.42 Å². The van der Waals surface area contributed by atoms with Gasteiger partial charge >= 0.3 is 0 Å². The molecule has 1 N–H and O–H groups in total. The maximum absolute atomic E-state index is 11.5. The van der Waals surface area contributed by atoms with E-state index in [1.54, 1.807) is 13.8 Å². The molecule has 0 saturated heterocycles. The van der Waals surface area contributed by atoms with Crippen molar-refractivity contribution in [2.45, 2.75) is 49.8 Å². The summed E-state index contributed by atoms with van der Waals surface area (Å²) in [5.41, 5.74) is 0. The highest BCUT2D eigenvalue weighted by Gasteiger charge is 2.30. The standard InChI is InChI=1S/C8H16ClNO2S/c1-6(2)13(11,12)10-8-5-3-4-7(8)9/h6-8,10H,3-5H2,1-2H3. The minimum absolute atomic E-state index is 0.0338. The summed E-state index contributed by atoms with van der Waals surface area (Å²) in [6.45, 7) is 3.33. The van der Waals surface area contributed by atoms with Crippen LogP contribution in [-0.2, 0) is 10.0 Å². The van der Waals surface area contributed by atoms with Crippen LogP contribution in [0.1, 0.15) is 33.1 Å². The smallest absolute Gasteiger partial charge is 0.212 e. The summed E-state index contributed by atoms with van der Waals surface area (Å²) >= 11 is 5.96. The van der Waals surface area contributed by atoms with Crippen molar-refractivity contribution in [1.82, 2.24) is 4.72 Å². The summed E-state index contributed by atoms with van der Waals surface area (Å²) in [6, 6.07) is -0.0610. The summed E-state index contributed by atoms with van der Waals surface area (Å²) in [5.74, 6) is 0. The maximum atomic E-state index is 11.5. The molecule has 5 heteroatoms. The molecule has 0 heterocycles. The topological polar surface area (TPSA) is 46.2 Å². The van der Waals surface area contributed by atoms with Gasteiger partial charge in [-0.25, -0.2) is 13.1 Å². The van der Waals surface area contributed by atoms with Crippen molar-refractivity contribution in [1.29, 1.82) is 0 Å². The molecular weight excluding hydrogens is 210 g/mol. The lowest BCUT2D eigenvalue weighted by Gasteiger charge is -2.17. The van der Waals surface area contributed by atoms with Crippen LogP contribution in [-0.4, -0.2) is 25.1 Å². The van der Waals surface area contributed by atoms with Crippen LogP contribution in [0.4, 0.5) is 0 Å². The fourth-order valence-electron chi connectivity index (χ4n) is 1.39. The molecule has 1 saturated carbocycles. The Kier molecular flexibility index (Phi) is 3.60. The van der Waals surface area contributed by atoms with Crippen LogP contribution < -0.4 is 4.72 Å². The normalized spacial score (nSPS) is 29.8. The van der Waals surface area contributed by atoms with E-state index in [0.29, 0.717) is 0 Å². The first kappa shape index (κ1) is 11.3. The Labute approximate surface area is 84.9 Å². The van der Waals surface area contributed by atoms with Gasteiger partial charge in [-0.3, -0.25) is 0 Å². The molecule has 13 heavy (non-hydrogen) atoms. The average molecular weight is 226 g/mol. The first-order valence-electron chi connectivity index (χ1n) is 4.58. The largest absolute Gasteiger partial charge is 0.214 e. The van der Waals surface area contributed by atoms with E-state index in [0.717, 1.165) is 19.3 Å². The molecule has 0 bridgehead atoms. The minimum Gasteiger partial charge on any atom is -0.212 e. The van der Waals surface area contributed by atoms with Gasteiger partial charge in [-0.05, 0) is 26.7 Å². The Morgan fingerprint density at radius 3 is 2.38 bits per heavy atom. The lowest BCUT2D eigenvalue weighted by atomic mass is 10.3. The zero-order valence-electron chi connectivity index (χ0n) is 7.96. The molecule has 0 radical (unpaired) electrons. The number of halogens is 1. The molecule has 78 valence electrons. The molecule has 0 amide bonds. The number of alkyl halides is 1. The van der Waals surface area contributed by atoms with Crippen molar-refractivity contribution in [2.75, 3.05) is 0 Å². The number of rotatable bonds is 3. The monoisotopic (exact) mass is 225 g/mol. The lowest BCUT2D eigenvalue weighted by molar-refractivity contribution is 0.546. The minimum atomic E-state index is -3.15. The van der Waals surface area contributed by atoms with Gasteiger partial charge in [0.05, 0.1) is 5.25 Å². The van der Waals surface area contributed by atoms with Crippen LogP contribution in [0.3, 0.4) is 0 Å². The van der Waals surface area contributed by atoms with Crippen molar-refractivity contribution < 1.29 is 8.42 Å². The van der Waals surface area contributed by atoms with Crippen molar-refractivity contribution in [2.24, 2.45) is 0 Å². The summed E-state index contributed by atoms with van der Waals surface area (Å²) in [4.78, 5) is 0. The molecule has 0 spiro atoms. The third-order valence-electron chi connectivity index (χ3n) is 2.37. The molecule has 1 rings (SSSR count). The second-order valence-corrected chi connectivity index (χ2v) is 6.59. The molecule has 3 nitrogen and oxygen atoms in total. The van der Waals surface area contributed by atoms with Crippen molar-refractivity contribution in [3.8, 4) is 0 Å². The van der Waals surface area contributed by atoms with Crippen LogP contribution in [0.15, 0.2) is 0 Å². The van der Waals surface area contributed by atoms with E-state index >= 15 is 0 Å². The Morgan fingerprint density at radius 1 is 1.38 bits per heavy atom. The Bertz CT molecular complexity index is 263. The second-order valence-electron chi connectivity index (χ2n) is 3.77. The molecule has 1 aliphatic rings. The molecule has 2 unspecified atom stereocenters. The van der Waals surface area contributed by atoms with E-state index < -0.39 is 10.0 Å². The third kappa shape index (κ3) is 2.82. The van der Waals surface area contributed by atoms with Gasteiger partial charge < -0.3 is 0 Å². The van der Waals surface area contributed by atoms with E-state index in [1.807, 2.05) is 0 Å². The van der Waals surface area contributed by atoms with E-state index in [4.69, 9.17) is 11.6 Å². The van der Waals surface area contributed by atoms with Gasteiger partial charge in [-0.1, -0.05) is 6.42 Å². The van der Waals surface area contributed by atoms with Gasteiger partial charge in [0.2, 0.25) is 10.0 Å². The summed E-state index contributed by atoms with van der Waals surface area (Å²) < 4.78 is 25.6. The Balaban J connectivity index is 2.58. The summed E-state index contributed by atoms with van der Waals surface area (Å²) in [7, 11) is -3.15. The van der Waals surface area contributed by atoms with Crippen LogP contribution >= 0.6 is 11.6 Å². The Hall–Kier alpha value is 0.200. The van der Waals surface area contributed by atoms with Crippen LogP contribution in [0.2, 0.25) is 0 Å². The van der Waals surface area contributed by atoms with Gasteiger partial charge in [-0.2, -0.15) is 0 Å². The Morgan fingerprint density at radius 2 is 2.00 bits per heavy atom. The van der Waals surface area contributed by atoms with Crippen molar-refractivity contribution in [3.05, 3.63) is 0 Å². The van der Waals surface area contributed by atoms with Crippen molar-refractivity contribution >= 4 is 21.6 Å². The van der Waals surface area contributed by atoms with Gasteiger partial charge in [0.15, 0.2) is 0 Å². The zero-order valence-corrected chi connectivity index (χ0v) is 9.53.